The first kappa shape index (κ1) is 11.8. The Labute approximate surface area is 102 Å². The minimum Gasteiger partial charge on any atom is -0.397 e. The van der Waals surface area contributed by atoms with Crippen LogP contribution in [0.1, 0.15) is 32.8 Å². The highest BCUT2D eigenvalue weighted by Gasteiger charge is 2.43. The first-order chi connectivity index (χ1) is 7.89. The number of carbonyl (C=O) groups is 1. The molecule has 0 atom stereocenters. The second kappa shape index (κ2) is 3.65. The third kappa shape index (κ3) is 1.55. The van der Waals surface area contributed by atoms with Crippen molar-refractivity contribution < 1.29 is 4.79 Å². The Morgan fingerprint density at radius 3 is 2.41 bits per heavy atom. The van der Waals surface area contributed by atoms with Gasteiger partial charge in [0.15, 0.2) is 0 Å². The molecule has 0 aromatic heterocycles. The van der Waals surface area contributed by atoms with E-state index in [1.165, 1.54) is 0 Å². The molecule has 1 aromatic carbocycles. The van der Waals surface area contributed by atoms with E-state index in [1.807, 2.05) is 30.9 Å². The molecule has 4 nitrogen and oxygen atoms in total. The van der Waals surface area contributed by atoms with E-state index in [1.54, 1.807) is 0 Å². The summed E-state index contributed by atoms with van der Waals surface area (Å²) in [5.74, 6) is 0.124. The number of nitrogen functional groups attached to an aromatic ring is 2. The van der Waals surface area contributed by atoms with Crippen LogP contribution in [0.2, 0.25) is 0 Å². The fourth-order valence-electron chi connectivity index (χ4n) is 2.35. The highest BCUT2D eigenvalue weighted by atomic mass is 16.2. The normalized spacial score (nSPS) is 17.4. The Balaban J connectivity index is 2.61. The van der Waals surface area contributed by atoms with E-state index in [2.05, 4.69) is 6.92 Å². The van der Waals surface area contributed by atoms with Crippen LogP contribution in [-0.2, 0) is 10.2 Å². The molecule has 0 saturated heterocycles. The molecule has 1 amide bonds. The summed E-state index contributed by atoms with van der Waals surface area (Å²) >= 11 is 0. The van der Waals surface area contributed by atoms with Crippen molar-refractivity contribution in [3.8, 4) is 0 Å². The van der Waals surface area contributed by atoms with Gasteiger partial charge in [0.05, 0.1) is 22.5 Å². The molecule has 0 radical (unpaired) electrons. The molecule has 1 heterocycles. The van der Waals surface area contributed by atoms with Crippen molar-refractivity contribution in [3.63, 3.8) is 0 Å². The standard InChI is InChI=1S/C13H19N3O/c1-4-5-16-11-7-10(15)9(14)6-8(11)13(2,3)12(16)17/h6-7H,4-5,14-15H2,1-3H3. The number of amides is 1. The summed E-state index contributed by atoms with van der Waals surface area (Å²) in [4.78, 5) is 14.2. The van der Waals surface area contributed by atoms with Crippen LogP contribution in [0.3, 0.4) is 0 Å². The van der Waals surface area contributed by atoms with Crippen LogP contribution in [0.15, 0.2) is 12.1 Å². The molecule has 92 valence electrons. The molecule has 0 bridgehead atoms. The lowest BCUT2D eigenvalue weighted by Crippen LogP contribution is -2.36. The van der Waals surface area contributed by atoms with Gasteiger partial charge in [0.25, 0.3) is 0 Å². The zero-order valence-corrected chi connectivity index (χ0v) is 10.6. The zero-order valence-electron chi connectivity index (χ0n) is 10.6. The van der Waals surface area contributed by atoms with Crippen molar-refractivity contribution in [2.45, 2.75) is 32.6 Å². The summed E-state index contributed by atoms with van der Waals surface area (Å²) in [5.41, 5.74) is 14.1. The number of fused-ring (bicyclic) bond motifs is 1. The lowest BCUT2D eigenvalue weighted by atomic mass is 9.86. The second-order valence-electron chi connectivity index (χ2n) is 5.08. The van der Waals surface area contributed by atoms with Gasteiger partial charge in [0.1, 0.15) is 0 Å². The molecule has 1 aliphatic heterocycles. The number of carbonyl (C=O) groups excluding carboxylic acids is 1. The SMILES string of the molecule is CCCN1C(=O)C(C)(C)c2cc(N)c(N)cc21. The molecule has 17 heavy (non-hydrogen) atoms. The number of nitrogens with two attached hydrogens (primary N) is 2. The highest BCUT2D eigenvalue weighted by Crippen LogP contribution is 2.44. The van der Waals surface area contributed by atoms with Crippen LogP contribution in [0.5, 0.6) is 0 Å². The van der Waals surface area contributed by atoms with Gasteiger partial charge in [0.2, 0.25) is 5.91 Å². The Kier molecular flexibility index (Phi) is 2.53. The molecule has 0 spiro atoms. The third-order valence-electron chi connectivity index (χ3n) is 3.39. The smallest absolute Gasteiger partial charge is 0.237 e. The van der Waals surface area contributed by atoms with E-state index in [-0.39, 0.29) is 5.91 Å². The fraction of sp³-hybridized carbons (Fsp3) is 0.462. The van der Waals surface area contributed by atoms with Crippen LogP contribution in [-0.4, -0.2) is 12.5 Å². The van der Waals surface area contributed by atoms with Crippen LogP contribution in [0, 0.1) is 0 Å². The molecule has 0 saturated carbocycles. The number of hydrogen-bond acceptors (Lipinski definition) is 3. The maximum absolute atomic E-state index is 12.3. The van der Waals surface area contributed by atoms with E-state index in [4.69, 9.17) is 11.5 Å². The number of nitrogens with zero attached hydrogens (tertiary/aromatic N) is 1. The van der Waals surface area contributed by atoms with Crippen LogP contribution >= 0.6 is 0 Å². The van der Waals surface area contributed by atoms with Gasteiger partial charge in [-0.1, -0.05) is 6.92 Å². The molecule has 4 N–H and O–H groups in total. The quantitative estimate of drug-likeness (QED) is 0.766. The van der Waals surface area contributed by atoms with Crippen LogP contribution in [0.4, 0.5) is 17.1 Å². The predicted molar refractivity (Wildman–Crippen MR) is 70.9 cm³/mol. The Morgan fingerprint density at radius 1 is 1.24 bits per heavy atom. The summed E-state index contributed by atoms with van der Waals surface area (Å²) in [7, 11) is 0. The van der Waals surface area contributed by atoms with Gasteiger partial charge in [0, 0.05) is 6.54 Å². The van der Waals surface area contributed by atoms with Gasteiger partial charge in [-0.05, 0) is 38.0 Å². The van der Waals surface area contributed by atoms with Gasteiger partial charge in [-0.25, -0.2) is 0 Å². The second-order valence-corrected chi connectivity index (χ2v) is 5.08. The minimum absolute atomic E-state index is 0.124. The number of hydrogen-bond donors (Lipinski definition) is 2. The largest absolute Gasteiger partial charge is 0.397 e. The number of rotatable bonds is 2. The molecule has 1 aromatic rings. The molecule has 0 aliphatic carbocycles. The highest BCUT2D eigenvalue weighted by molar-refractivity contribution is 6.08. The Morgan fingerprint density at radius 2 is 1.82 bits per heavy atom. The topological polar surface area (TPSA) is 72.3 Å². The maximum atomic E-state index is 12.3. The third-order valence-corrected chi connectivity index (χ3v) is 3.39. The molecule has 4 heteroatoms. The van der Waals surface area contributed by atoms with E-state index >= 15 is 0 Å². The van der Waals surface area contributed by atoms with Gasteiger partial charge in [-0.2, -0.15) is 0 Å². The van der Waals surface area contributed by atoms with Crippen molar-refractivity contribution in [1.82, 2.24) is 0 Å². The number of anilines is 3. The van der Waals surface area contributed by atoms with Crippen molar-refractivity contribution >= 4 is 23.0 Å². The van der Waals surface area contributed by atoms with Crippen molar-refractivity contribution in [2.75, 3.05) is 22.9 Å². The summed E-state index contributed by atoms with van der Waals surface area (Å²) in [6.07, 6.45) is 0.922. The van der Waals surface area contributed by atoms with Gasteiger partial charge in [-0.3, -0.25) is 4.79 Å². The summed E-state index contributed by atoms with van der Waals surface area (Å²) in [5, 5.41) is 0. The molecule has 2 rings (SSSR count). The van der Waals surface area contributed by atoms with E-state index in [0.717, 1.165) is 24.2 Å². The molecular formula is C13H19N3O. The van der Waals surface area contributed by atoms with Crippen LogP contribution in [0.25, 0.3) is 0 Å². The molecule has 1 aliphatic rings. The van der Waals surface area contributed by atoms with E-state index < -0.39 is 5.41 Å². The van der Waals surface area contributed by atoms with E-state index in [0.29, 0.717) is 11.4 Å². The lowest BCUT2D eigenvalue weighted by Gasteiger charge is -2.19. The maximum Gasteiger partial charge on any atom is 0.237 e. The molecular weight excluding hydrogens is 214 g/mol. The van der Waals surface area contributed by atoms with Gasteiger partial charge < -0.3 is 16.4 Å². The monoisotopic (exact) mass is 233 g/mol. The summed E-state index contributed by atoms with van der Waals surface area (Å²) < 4.78 is 0. The van der Waals surface area contributed by atoms with E-state index in [9.17, 15) is 4.79 Å². The minimum atomic E-state index is -0.508. The summed E-state index contributed by atoms with van der Waals surface area (Å²) in [6.45, 7) is 6.64. The average Bonchev–Trinajstić information content (AvgIpc) is 2.43. The Hall–Kier alpha value is -1.71. The van der Waals surface area contributed by atoms with Crippen LogP contribution < -0.4 is 16.4 Å². The lowest BCUT2D eigenvalue weighted by molar-refractivity contribution is -0.122. The van der Waals surface area contributed by atoms with Crippen molar-refractivity contribution in [2.24, 2.45) is 0 Å². The Bertz CT molecular complexity index is 480. The van der Waals surface area contributed by atoms with Crippen molar-refractivity contribution in [3.05, 3.63) is 17.7 Å². The molecule has 0 fully saturated rings. The zero-order chi connectivity index (χ0) is 12.8. The average molecular weight is 233 g/mol. The number of benzene rings is 1. The predicted octanol–water partition coefficient (Wildman–Crippen LogP) is 1.89. The molecule has 0 unspecified atom stereocenters. The summed E-state index contributed by atoms with van der Waals surface area (Å²) in [6, 6.07) is 3.64. The van der Waals surface area contributed by atoms with Gasteiger partial charge in [-0.15, -0.1) is 0 Å². The van der Waals surface area contributed by atoms with Crippen molar-refractivity contribution in [1.29, 1.82) is 0 Å². The van der Waals surface area contributed by atoms with Gasteiger partial charge >= 0.3 is 0 Å². The fourth-order valence-corrected chi connectivity index (χ4v) is 2.35. The first-order valence-electron chi connectivity index (χ1n) is 5.91. The first-order valence-corrected chi connectivity index (χ1v) is 5.91.